The van der Waals surface area contributed by atoms with Crippen LogP contribution in [0.5, 0.6) is 17.2 Å². The zero-order valence-corrected chi connectivity index (χ0v) is 19.7. The van der Waals surface area contributed by atoms with Crippen LogP contribution in [0.15, 0.2) is 83.8 Å². The van der Waals surface area contributed by atoms with Crippen molar-refractivity contribution >= 4 is 40.3 Å². The highest BCUT2D eigenvalue weighted by Gasteiger charge is 2.32. The second kappa shape index (κ2) is 11.0. The Kier molecular flexibility index (Phi) is 7.65. The fourth-order valence-electron chi connectivity index (χ4n) is 3.32. The summed E-state index contributed by atoms with van der Waals surface area (Å²) in [6.45, 7) is 1.16. The number of hydrogen-bond acceptors (Lipinski definition) is 6. The quantitative estimate of drug-likeness (QED) is 0.229. The van der Waals surface area contributed by atoms with E-state index in [-0.39, 0.29) is 5.91 Å². The molecule has 4 rings (SSSR count). The minimum absolute atomic E-state index is 0.0943. The summed E-state index contributed by atoms with van der Waals surface area (Å²) >= 11 is 6.77. The molecular formula is C26H23NO4S2. The van der Waals surface area contributed by atoms with Gasteiger partial charge in [0.2, 0.25) is 0 Å². The molecule has 1 fully saturated rings. The molecule has 0 atom stereocenters. The highest BCUT2D eigenvalue weighted by atomic mass is 32.2. The summed E-state index contributed by atoms with van der Waals surface area (Å²) in [7, 11) is 1.61. The van der Waals surface area contributed by atoms with Crippen molar-refractivity contribution < 1.29 is 19.0 Å². The third-order valence-electron chi connectivity index (χ3n) is 4.93. The summed E-state index contributed by atoms with van der Waals surface area (Å²) in [5.74, 6) is 1.92. The van der Waals surface area contributed by atoms with E-state index in [1.165, 1.54) is 11.8 Å². The van der Waals surface area contributed by atoms with Gasteiger partial charge in [0.25, 0.3) is 5.91 Å². The Morgan fingerprint density at radius 2 is 1.45 bits per heavy atom. The van der Waals surface area contributed by atoms with Gasteiger partial charge in [0.05, 0.1) is 18.6 Å². The van der Waals surface area contributed by atoms with Gasteiger partial charge in [-0.1, -0.05) is 84.6 Å². The number of para-hydroxylation sites is 3. The summed E-state index contributed by atoms with van der Waals surface area (Å²) in [5, 5.41) is 0. The molecule has 3 aromatic rings. The van der Waals surface area contributed by atoms with Gasteiger partial charge in [-0.25, -0.2) is 0 Å². The molecule has 1 heterocycles. The molecule has 0 aliphatic carbocycles. The van der Waals surface area contributed by atoms with Gasteiger partial charge >= 0.3 is 0 Å². The van der Waals surface area contributed by atoms with Crippen molar-refractivity contribution in [3.63, 3.8) is 0 Å². The van der Waals surface area contributed by atoms with E-state index in [9.17, 15) is 4.79 Å². The maximum absolute atomic E-state index is 13.0. The number of nitrogens with zero attached hydrogens (tertiary/aromatic N) is 1. The van der Waals surface area contributed by atoms with Crippen LogP contribution in [0.3, 0.4) is 0 Å². The molecule has 0 spiro atoms. The molecule has 0 bridgehead atoms. The van der Waals surface area contributed by atoms with E-state index in [0.29, 0.717) is 46.2 Å². The SMILES string of the molecule is COc1ccccc1OCCOc1ccccc1/C=C1\SC(=S)N(Cc2ccccc2)C1=O. The number of benzene rings is 3. The van der Waals surface area contributed by atoms with Gasteiger partial charge in [-0.05, 0) is 29.8 Å². The van der Waals surface area contributed by atoms with Crippen LogP contribution in [0.4, 0.5) is 0 Å². The van der Waals surface area contributed by atoms with E-state index in [2.05, 4.69) is 0 Å². The van der Waals surface area contributed by atoms with Crippen LogP contribution >= 0.6 is 24.0 Å². The first-order valence-electron chi connectivity index (χ1n) is 10.4. The van der Waals surface area contributed by atoms with E-state index in [1.54, 1.807) is 12.0 Å². The van der Waals surface area contributed by atoms with E-state index in [0.717, 1.165) is 11.1 Å². The lowest BCUT2D eigenvalue weighted by Crippen LogP contribution is -2.27. The van der Waals surface area contributed by atoms with Crippen molar-refractivity contribution in [2.45, 2.75) is 6.54 Å². The molecule has 3 aromatic carbocycles. The number of ether oxygens (including phenoxy) is 3. The Morgan fingerprint density at radius 3 is 2.18 bits per heavy atom. The first kappa shape index (κ1) is 22.9. The van der Waals surface area contributed by atoms with Crippen molar-refractivity contribution in [3.05, 3.63) is 94.9 Å². The number of carbonyl (C=O) groups is 1. The Bertz CT molecular complexity index is 1160. The van der Waals surface area contributed by atoms with Gasteiger partial charge in [0, 0.05) is 5.56 Å². The van der Waals surface area contributed by atoms with Gasteiger partial charge in [0.15, 0.2) is 11.5 Å². The highest BCUT2D eigenvalue weighted by molar-refractivity contribution is 8.26. The van der Waals surface area contributed by atoms with E-state index < -0.39 is 0 Å². The third-order valence-corrected chi connectivity index (χ3v) is 6.31. The van der Waals surface area contributed by atoms with Crippen molar-refractivity contribution in [3.8, 4) is 17.2 Å². The predicted octanol–water partition coefficient (Wildman–Crippen LogP) is 5.55. The maximum Gasteiger partial charge on any atom is 0.266 e. The minimum Gasteiger partial charge on any atom is -0.493 e. The van der Waals surface area contributed by atoms with Crippen molar-refractivity contribution in [1.82, 2.24) is 4.90 Å². The van der Waals surface area contributed by atoms with E-state index in [1.807, 2.05) is 84.9 Å². The molecule has 7 heteroatoms. The Morgan fingerprint density at radius 1 is 0.848 bits per heavy atom. The molecule has 0 N–H and O–H groups in total. The molecular weight excluding hydrogens is 454 g/mol. The molecule has 0 unspecified atom stereocenters. The minimum atomic E-state index is -0.0943. The Hall–Kier alpha value is -3.29. The lowest BCUT2D eigenvalue weighted by Gasteiger charge is -2.14. The standard InChI is InChI=1S/C26H23NO4S2/c1-29-22-13-7-8-14-23(22)31-16-15-30-21-12-6-5-11-20(21)17-24-25(28)27(26(32)33-24)18-19-9-3-2-4-10-19/h2-14,17H,15-16,18H2,1H3/b24-17-. The normalized spacial score (nSPS) is 14.6. The van der Waals surface area contributed by atoms with Crippen LogP contribution in [0.2, 0.25) is 0 Å². The zero-order valence-electron chi connectivity index (χ0n) is 18.1. The number of thiocarbonyl (C=S) groups is 1. The zero-order chi connectivity index (χ0) is 23.0. The summed E-state index contributed by atoms with van der Waals surface area (Å²) in [6.07, 6.45) is 1.83. The monoisotopic (exact) mass is 477 g/mol. The molecule has 1 aliphatic heterocycles. The van der Waals surface area contributed by atoms with Crippen molar-refractivity contribution in [2.24, 2.45) is 0 Å². The smallest absolute Gasteiger partial charge is 0.266 e. The number of thioether (sulfide) groups is 1. The predicted molar refractivity (Wildman–Crippen MR) is 136 cm³/mol. The summed E-state index contributed by atoms with van der Waals surface area (Å²) in [6, 6.07) is 24.9. The molecule has 168 valence electrons. The second-order valence-corrected chi connectivity index (χ2v) is 8.81. The molecule has 33 heavy (non-hydrogen) atoms. The largest absolute Gasteiger partial charge is 0.493 e. The second-order valence-electron chi connectivity index (χ2n) is 7.14. The molecule has 5 nitrogen and oxygen atoms in total. The molecule has 1 saturated heterocycles. The first-order valence-corrected chi connectivity index (χ1v) is 11.6. The van der Waals surface area contributed by atoms with Crippen LogP contribution in [-0.2, 0) is 11.3 Å². The van der Waals surface area contributed by atoms with Crippen LogP contribution < -0.4 is 14.2 Å². The maximum atomic E-state index is 13.0. The highest BCUT2D eigenvalue weighted by Crippen LogP contribution is 2.35. The number of rotatable bonds is 9. The fourth-order valence-corrected chi connectivity index (χ4v) is 4.56. The molecule has 1 aliphatic rings. The third kappa shape index (κ3) is 5.74. The molecule has 1 amide bonds. The Labute approximate surface area is 203 Å². The summed E-state index contributed by atoms with van der Waals surface area (Å²) in [4.78, 5) is 15.2. The van der Waals surface area contributed by atoms with Crippen LogP contribution in [0, 0.1) is 0 Å². The first-order chi connectivity index (χ1) is 16.2. The van der Waals surface area contributed by atoms with E-state index >= 15 is 0 Å². The van der Waals surface area contributed by atoms with E-state index in [4.69, 9.17) is 26.4 Å². The van der Waals surface area contributed by atoms with Crippen LogP contribution in [-0.4, -0.2) is 35.5 Å². The van der Waals surface area contributed by atoms with Gasteiger partial charge < -0.3 is 14.2 Å². The van der Waals surface area contributed by atoms with Gasteiger partial charge in [-0.15, -0.1) is 0 Å². The molecule has 0 aromatic heterocycles. The number of methoxy groups -OCH3 is 1. The van der Waals surface area contributed by atoms with Crippen LogP contribution in [0.1, 0.15) is 11.1 Å². The number of amides is 1. The number of hydrogen-bond donors (Lipinski definition) is 0. The lowest BCUT2D eigenvalue weighted by molar-refractivity contribution is -0.122. The summed E-state index contributed by atoms with van der Waals surface area (Å²) in [5.41, 5.74) is 1.85. The van der Waals surface area contributed by atoms with Gasteiger partial charge in [-0.2, -0.15) is 0 Å². The lowest BCUT2D eigenvalue weighted by atomic mass is 10.1. The molecule has 0 radical (unpaired) electrons. The topological polar surface area (TPSA) is 48.0 Å². The van der Waals surface area contributed by atoms with Gasteiger partial charge in [-0.3, -0.25) is 9.69 Å². The Balaban J connectivity index is 1.40. The van der Waals surface area contributed by atoms with Gasteiger partial charge in [0.1, 0.15) is 23.3 Å². The average Bonchev–Trinajstić information content (AvgIpc) is 3.11. The average molecular weight is 478 g/mol. The fraction of sp³-hybridized carbons (Fsp3) is 0.154. The summed E-state index contributed by atoms with van der Waals surface area (Å²) < 4.78 is 17.6. The van der Waals surface area contributed by atoms with Crippen molar-refractivity contribution in [1.29, 1.82) is 0 Å². The van der Waals surface area contributed by atoms with Crippen molar-refractivity contribution in [2.75, 3.05) is 20.3 Å². The number of carbonyl (C=O) groups excluding carboxylic acids is 1. The molecule has 0 saturated carbocycles. The van der Waals surface area contributed by atoms with Crippen LogP contribution in [0.25, 0.3) is 6.08 Å².